The van der Waals surface area contributed by atoms with Crippen LogP contribution in [0.3, 0.4) is 0 Å². The third-order valence-electron chi connectivity index (χ3n) is 4.78. The summed E-state index contributed by atoms with van der Waals surface area (Å²) < 4.78 is 5.64. The van der Waals surface area contributed by atoms with Crippen LogP contribution in [0.15, 0.2) is 60.2 Å². The molecule has 4 rings (SSSR count). The van der Waals surface area contributed by atoms with E-state index < -0.39 is 17.7 Å². The Balaban J connectivity index is 1.84. The first-order chi connectivity index (χ1) is 14.9. The summed E-state index contributed by atoms with van der Waals surface area (Å²) in [5.41, 5.74) is 1.13. The summed E-state index contributed by atoms with van der Waals surface area (Å²) in [6.07, 6.45) is 0.0122. The minimum absolute atomic E-state index is 0.0122. The van der Waals surface area contributed by atoms with E-state index in [0.29, 0.717) is 27.0 Å². The quantitative estimate of drug-likeness (QED) is 0.366. The van der Waals surface area contributed by atoms with E-state index in [0.717, 1.165) is 0 Å². The molecule has 1 amide bonds. The number of benzene rings is 2. The van der Waals surface area contributed by atoms with Crippen LogP contribution >= 0.6 is 11.3 Å². The molecule has 8 heteroatoms. The van der Waals surface area contributed by atoms with Gasteiger partial charge in [0.2, 0.25) is 5.13 Å². The number of anilines is 1. The van der Waals surface area contributed by atoms with Crippen molar-refractivity contribution in [2.45, 2.75) is 32.9 Å². The van der Waals surface area contributed by atoms with Crippen LogP contribution in [0.25, 0.3) is 5.76 Å². The summed E-state index contributed by atoms with van der Waals surface area (Å²) in [6.45, 7) is 5.62. The maximum Gasteiger partial charge on any atom is 0.301 e. The van der Waals surface area contributed by atoms with Gasteiger partial charge in [0, 0.05) is 5.56 Å². The van der Waals surface area contributed by atoms with Crippen LogP contribution < -0.4 is 9.64 Å². The SMILES string of the molecule is Cc1nnc(N2C(=O)C(=O)/C(=C(/O)c3ccc(OC(C)C)cc3)C2c2ccccc2)s1. The molecular formula is C23H21N3O4S. The van der Waals surface area contributed by atoms with Crippen LogP contribution in [-0.4, -0.2) is 33.1 Å². The van der Waals surface area contributed by atoms with Crippen molar-refractivity contribution in [3.8, 4) is 5.75 Å². The first-order valence-corrected chi connectivity index (χ1v) is 10.6. The van der Waals surface area contributed by atoms with Gasteiger partial charge in [-0.15, -0.1) is 10.2 Å². The fraction of sp³-hybridized carbons (Fsp3) is 0.217. The molecule has 1 aliphatic rings. The van der Waals surface area contributed by atoms with Gasteiger partial charge in [0.25, 0.3) is 5.78 Å². The van der Waals surface area contributed by atoms with Crippen molar-refractivity contribution in [3.63, 3.8) is 0 Å². The Morgan fingerprint density at radius 1 is 1.06 bits per heavy atom. The van der Waals surface area contributed by atoms with Crippen molar-refractivity contribution >= 4 is 33.9 Å². The van der Waals surface area contributed by atoms with Gasteiger partial charge in [-0.05, 0) is 50.6 Å². The molecule has 1 aromatic heterocycles. The van der Waals surface area contributed by atoms with Crippen molar-refractivity contribution in [2.24, 2.45) is 0 Å². The summed E-state index contributed by atoms with van der Waals surface area (Å²) in [5, 5.41) is 20.1. The van der Waals surface area contributed by atoms with Gasteiger partial charge in [-0.2, -0.15) is 0 Å². The zero-order valence-electron chi connectivity index (χ0n) is 17.3. The maximum atomic E-state index is 13.0. The smallest absolute Gasteiger partial charge is 0.301 e. The molecule has 1 unspecified atom stereocenters. The fourth-order valence-electron chi connectivity index (χ4n) is 3.48. The number of carbonyl (C=O) groups excluding carboxylic acids is 2. The fourth-order valence-corrected chi connectivity index (χ4v) is 4.20. The number of hydrogen-bond donors (Lipinski definition) is 1. The van der Waals surface area contributed by atoms with Gasteiger partial charge in [-0.1, -0.05) is 41.7 Å². The third kappa shape index (κ3) is 3.94. The summed E-state index contributed by atoms with van der Waals surface area (Å²) in [5.74, 6) is -1.10. The highest BCUT2D eigenvalue weighted by Crippen LogP contribution is 2.42. The van der Waals surface area contributed by atoms with Crippen LogP contribution in [0.5, 0.6) is 5.75 Å². The van der Waals surface area contributed by atoms with Crippen molar-refractivity contribution in [1.82, 2.24) is 10.2 Å². The van der Waals surface area contributed by atoms with E-state index in [9.17, 15) is 14.7 Å². The molecule has 0 bridgehead atoms. The second-order valence-electron chi connectivity index (χ2n) is 7.37. The second-order valence-corrected chi connectivity index (χ2v) is 8.53. The van der Waals surface area contributed by atoms with Gasteiger partial charge in [0.1, 0.15) is 16.5 Å². The van der Waals surface area contributed by atoms with Gasteiger partial charge in [-0.25, -0.2) is 0 Å². The van der Waals surface area contributed by atoms with Crippen LogP contribution in [0.4, 0.5) is 5.13 Å². The van der Waals surface area contributed by atoms with Crippen molar-refractivity contribution < 1.29 is 19.4 Å². The van der Waals surface area contributed by atoms with E-state index in [1.807, 2.05) is 44.2 Å². The molecule has 1 atom stereocenters. The van der Waals surface area contributed by atoms with Crippen LogP contribution in [-0.2, 0) is 9.59 Å². The molecule has 7 nitrogen and oxygen atoms in total. The molecule has 2 heterocycles. The first kappa shape index (κ1) is 20.7. The molecule has 2 aromatic carbocycles. The highest BCUT2D eigenvalue weighted by molar-refractivity contribution is 7.15. The molecule has 1 N–H and O–H groups in total. The molecular weight excluding hydrogens is 414 g/mol. The molecule has 1 aliphatic heterocycles. The van der Waals surface area contributed by atoms with Gasteiger partial charge in [0.15, 0.2) is 0 Å². The predicted octanol–water partition coefficient (Wildman–Crippen LogP) is 4.26. The van der Waals surface area contributed by atoms with Crippen molar-refractivity contribution in [1.29, 1.82) is 0 Å². The van der Waals surface area contributed by atoms with E-state index in [-0.39, 0.29) is 17.4 Å². The number of carbonyl (C=O) groups is 2. The highest BCUT2D eigenvalue weighted by Gasteiger charge is 2.48. The zero-order valence-corrected chi connectivity index (χ0v) is 18.1. The molecule has 0 aliphatic carbocycles. The largest absolute Gasteiger partial charge is 0.507 e. The van der Waals surface area contributed by atoms with Crippen molar-refractivity contribution in [2.75, 3.05) is 4.90 Å². The Labute approximate surface area is 183 Å². The maximum absolute atomic E-state index is 13.0. The Kier molecular flexibility index (Phi) is 5.56. The average molecular weight is 436 g/mol. The molecule has 0 radical (unpaired) electrons. The third-order valence-corrected chi connectivity index (χ3v) is 5.62. The number of aryl methyl sites for hydroxylation is 1. The molecule has 3 aromatic rings. The Bertz CT molecular complexity index is 1150. The number of ketones is 1. The van der Waals surface area contributed by atoms with E-state index in [2.05, 4.69) is 10.2 Å². The van der Waals surface area contributed by atoms with Crippen molar-refractivity contribution in [3.05, 3.63) is 76.3 Å². The molecule has 0 spiro atoms. The predicted molar refractivity (Wildman–Crippen MR) is 118 cm³/mol. The number of aromatic nitrogens is 2. The topological polar surface area (TPSA) is 92.6 Å². The zero-order chi connectivity index (χ0) is 22.1. The van der Waals surface area contributed by atoms with Gasteiger partial charge in [-0.3, -0.25) is 14.5 Å². The minimum atomic E-state index is -0.805. The monoisotopic (exact) mass is 435 g/mol. The minimum Gasteiger partial charge on any atom is -0.507 e. The highest BCUT2D eigenvalue weighted by atomic mass is 32.1. The van der Waals surface area contributed by atoms with E-state index >= 15 is 0 Å². The number of rotatable bonds is 5. The Morgan fingerprint density at radius 2 is 1.74 bits per heavy atom. The molecule has 31 heavy (non-hydrogen) atoms. The van der Waals surface area contributed by atoms with Crippen LogP contribution in [0, 0.1) is 6.92 Å². The lowest BCUT2D eigenvalue weighted by Crippen LogP contribution is -2.29. The van der Waals surface area contributed by atoms with Crippen LogP contribution in [0.1, 0.15) is 36.0 Å². The van der Waals surface area contributed by atoms with Gasteiger partial charge < -0.3 is 9.84 Å². The molecule has 158 valence electrons. The van der Waals surface area contributed by atoms with E-state index in [4.69, 9.17) is 4.74 Å². The lowest BCUT2D eigenvalue weighted by atomic mass is 9.95. The Hall–Kier alpha value is -3.52. The lowest BCUT2D eigenvalue weighted by Gasteiger charge is -2.22. The lowest BCUT2D eigenvalue weighted by molar-refractivity contribution is -0.132. The number of ether oxygens (including phenoxy) is 1. The van der Waals surface area contributed by atoms with Gasteiger partial charge >= 0.3 is 5.91 Å². The number of hydrogen-bond acceptors (Lipinski definition) is 7. The van der Waals surface area contributed by atoms with E-state index in [1.165, 1.54) is 16.2 Å². The number of aliphatic hydroxyl groups excluding tert-OH is 1. The number of amides is 1. The Morgan fingerprint density at radius 3 is 2.32 bits per heavy atom. The summed E-state index contributed by atoms with van der Waals surface area (Å²) in [7, 11) is 0. The number of aliphatic hydroxyl groups is 1. The molecule has 1 fully saturated rings. The standard InChI is InChI=1S/C23H21N3O4S/c1-13(2)30-17-11-9-16(10-12-17)20(27)18-19(15-7-5-4-6-8-15)26(22(29)21(18)28)23-25-24-14(3)31-23/h4-13,19,27H,1-3H3/b20-18+. The van der Waals surface area contributed by atoms with E-state index in [1.54, 1.807) is 31.2 Å². The second kappa shape index (κ2) is 8.31. The summed E-state index contributed by atoms with van der Waals surface area (Å²) in [6, 6.07) is 15.1. The number of Topliss-reactive ketones (excluding diaryl/α,β-unsaturated/α-hetero) is 1. The summed E-state index contributed by atoms with van der Waals surface area (Å²) >= 11 is 1.22. The summed E-state index contributed by atoms with van der Waals surface area (Å²) in [4.78, 5) is 27.3. The normalized spacial score (nSPS) is 18.1. The van der Waals surface area contributed by atoms with Crippen LogP contribution in [0.2, 0.25) is 0 Å². The first-order valence-electron chi connectivity index (χ1n) is 9.80. The molecule has 1 saturated heterocycles. The molecule has 0 saturated carbocycles. The van der Waals surface area contributed by atoms with Gasteiger partial charge in [0.05, 0.1) is 17.7 Å². The average Bonchev–Trinajstić information content (AvgIpc) is 3.29. The number of nitrogens with zero attached hydrogens (tertiary/aromatic N) is 3.